The maximum absolute atomic E-state index is 3.57. The van der Waals surface area contributed by atoms with Crippen LogP contribution in [0.25, 0.3) is 0 Å². The van der Waals surface area contributed by atoms with Crippen LogP contribution in [0, 0.1) is 6.92 Å². The molecular formula is C17H19N. The van der Waals surface area contributed by atoms with Gasteiger partial charge in [-0.2, -0.15) is 0 Å². The van der Waals surface area contributed by atoms with Gasteiger partial charge in [0.1, 0.15) is 0 Å². The average Bonchev–Trinajstić information content (AvgIpc) is 2.35. The van der Waals surface area contributed by atoms with Crippen LogP contribution in [0.1, 0.15) is 28.2 Å². The molecule has 1 N–H and O–H groups in total. The first-order valence-corrected chi connectivity index (χ1v) is 6.67. The van der Waals surface area contributed by atoms with Crippen molar-refractivity contribution in [3.63, 3.8) is 0 Å². The normalized spacial score (nSPS) is 17.1. The Labute approximate surface area is 109 Å². The van der Waals surface area contributed by atoms with E-state index in [-0.39, 0.29) is 0 Å². The Morgan fingerprint density at radius 1 is 1.11 bits per heavy atom. The van der Waals surface area contributed by atoms with Crippen LogP contribution in [0.2, 0.25) is 0 Å². The van der Waals surface area contributed by atoms with Crippen LogP contribution in [0.4, 0.5) is 0 Å². The van der Waals surface area contributed by atoms with E-state index >= 15 is 0 Å². The Morgan fingerprint density at radius 3 is 2.83 bits per heavy atom. The maximum Gasteiger partial charge on any atom is 0.0205 e. The van der Waals surface area contributed by atoms with E-state index in [0.717, 1.165) is 13.1 Å². The second kappa shape index (κ2) is 4.95. The Bertz CT molecular complexity index is 545. The van der Waals surface area contributed by atoms with Crippen molar-refractivity contribution < 1.29 is 0 Å². The molecule has 1 atom stereocenters. The minimum absolute atomic E-state index is 0.714. The van der Waals surface area contributed by atoms with Crippen molar-refractivity contribution >= 4 is 0 Å². The monoisotopic (exact) mass is 237 g/mol. The number of fused-ring (bicyclic) bond motifs is 1. The molecule has 2 aromatic rings. The summed E-state index contributed by atoms with van der Waals surface area (Å²) in [5.41, 5.74) is 5.78. The van der Waals surface area contributed by atoms with E-state index in [1.807, 2.05) is 0 Å². The molecule has 0 fully saturated rings. The van der Waals surface area contributed by atoms with Gasteiger partial charge in [0.25, 0.3) is 0 Å². The highest BCUT2D eigenvalue weighted by molar-refractivity contribution is 5.40. The Morgan fingerprint density at radius 2 is 2.00 bits per heavy atom. The van der Waals surface area contributed by atoms with E-state index in [9.17, 15) is 0 Å². The summed E-state index contributed by atoms with van der Waals surface area (Å²) >= 11 is 0. The van der Waals surface area contributed by atoms with E-state index in [4.69, 9.17) is 0 Å². The fourth-order valence-electron chi connectivity index (χ4n) is 2.76. The minimum Gasteiger partial charge on any atom is -0.312 e. The predicted octanol–water partition coefficient (Wildman–Crippen LogP) is 3.42. The Kier molecular flexibility index (Phi) is 3.16. The van der Waals surface area contributed by atoms with E-state index in [1.54, 1.807) is 0 Å². The Hall–Kier alpha value is -1.60. The summed E-state index contributed by atoms with van der Waals surface area (Å²) in [6.07, 6.45) is 1.23. The smallest absolute Gasteiger partial charge is 0.0205 e. The second-order valence-electron chi connectivity index (χ2n) is 5.22. The molecule has 1 aliphatic carbocycles. The standard InChI is InChI=1S/C17H19N/c1-13-5-4-6-14(9-13)11-18-12-16-10-15-7-2-3-8-17(15)16/h2-9,16,18H,10-12H2,1H3. The molecule has 18 heavy (non-hydrogen) atoms. The first-order chi connectivity index (χ1) is 8.83. The molecule has 1 heteroatoms. The number of nitrogens with one attached hydrogen (secondary N) is 1. The molecule has 0 saturated heterocycles. The van der Waals surface area contributed by atoms with Gasteiger partial charge in [-0.05, 0) is 30.0 Å². The molecule has 3 rings (SSSR count). The van der Waals surface area contributed by atoms with E-state index < -0.39 is 0 Å². The molecule has 0 saturated carbocycles. The lowest BCUT2D eigenvalue weighted by Gasteiger charge is -2.30. The van der Waals surface area contributed by atoms with Crippen LogP contribution in [0.15, 0.2) is 48.5 Å². The first kappa shape index (κ1) is 11.5. The maximum atomic E-state index is 3.57. The van der Waals surface area contributed by atoms with Gasteiger partial charge in [-0.3, -0.25) is 0 Å². The van der Waals surface area contributed by atoms with Crippen molar-refractivity contribution in [2.24, 2.45) is 0 Å². The van der Waals surface area contributed by atoms with Crippen molar-refractivity contribution in [2.75, 3.05) is 6.54 Å². The minimum atomic E-state index is 0.714. The third-order valence-corrected chi connectivity index (χ3v) is 3.76. The van der Waals surface area contributed by atoms with Crippen molar-refractivity contribution in [3.8, 4) is 0 Å². The van der Waals surface area contributed by atoms with Crippen molar-refractivity contribution in [2.45, 2.75) is 25.8 Å². The molecule has 0 spiro atoms. The molecule has 2 aromatic carbocycles. The predicted molar refractivity (Wildman–Crippen MR) is 75.8 cm³/mol. The fourth-order valence-corrected chi connectivity index (χ4v) is 2.76. The molecule has 92 valence electrons. The topological polar surface area (TPSA) is 12.0 Å². The number of benzene rings is 2. The average molecular weight is 237 g/mol. The SMILES string of the molecule is Cc1cccc(CNCC2Cc3ccccc32)c1. The zero-order valence-electron chi connectivity index (χ0n) is 10.8. The molecule has 0 amide bonds. The lowest BCUT2D eigenvalue weighted by Crippen LogP contribution is -2.28. The summed E-state index contributed by atoms with van der Waals surface area (Å²) in [4.78, 5) is 0. The van der Waals surface area contributed by atoms with Gasteiger partial charge in [0.2, 0.25) is 0 Å². The molecule has 1 aliphatic rings. The van der Waals surface area contributed by atoms with Crippen molar-refractivity contribution in [1.29, 1.82) is 0 Å². The molecule has 0 bridgehead atoms. The van der Waals surface area contributed by atoms with Crippen LogP contribution < -0.4 is 5.32 Å². The van der Waals surface area contributed by atoms with Gasteiger partial charge in [0.15, 0.2) is 0 Å². The van der Waals surface area contributed by atoms with Gasteiger partial charge >= 0.3 is 0 Å². The van der Waals surface area contributed by atoms with Gasteiger partial charge in [-0.15, -0.1) is 0 Å². The highest BCUT2D eigenvalue weighted by atomic mass is 14.9. The quantitative estimate of drug-likeness (QED) is 0.859. The molecule has 1 nitrogen and oxygen atoms in total. The molecule has 0 heterocycles. The van der Waals surface area contributed by atoms with Crippen molar-refractivity contribution in [3.05, 3.63) is 70.8 Å². The highest BCUT2D eigenvalue weighted by Gasteiger charge is 2.24. The largest absolute Gasteiger partial charge is 0.312 e. The number of rotatable bonds is 4. The summed E-state index contributed by atoms with van der Waals surface area (Å²) in [7, 11) is 0. The zero-order valence-corrected chi connectivity index (χ0v) is 10.8. The van der Waals surface area contributed by atoms with E-state index in [2.05, 4.69) is 60.8 Å². The van der Waals surface area contributed by atoms with E-state index in [1.165, 1.54) is 28.7 Å². The highest BCUT2D eigenvalue weighted by Crippen LogP contribution is 2.33. The van der Waals surface area contributed by atoms with Gasteiger partial charge < -0.3 is 5.32 Å². The summed E-state index contributed by atoms with van der Waals surface area (Å²) in [6, 6.07) is 17.5. The molecule has 1 unspecified atom stereocenters. The van der Waals surface area contributed by atoms with Gasteiger partial charge in [0, 0.05) is 19.0 Å². The third-order valence-electron chi connectivity index (χ3n) is 3.76. The van der Waals surface area contributed by atoms with Gasteiger partial charge in [0.05, 0.1) is 0 Å². The first-order valence-electron chi connectivity index (χ1n) is 6.67. The molecule has 0 aromatic heterocycles. The third kappa shape index (κ3) is 2.32. The second-order valence-corrected chi connectivity index (χ2v) is 5.22. The lowest BCUT2D eigenvalue weighted by atomic mass is 9.77. The van der Waals surface area contributed by atoms with Crippen LogP contribution in [-0.2, 0) is 13.0 Å². The van der Waals surface area contributed by atoms with Crippen LogP contribution in [-0.4, -0.2) is 6.54 Å². The molecule has 0 aliphatic heterocycles. The molecule has 0 radical (unpaired) electrons. The molecular weight excluding hydrogens is 218 g/mol. The van der Waals surface area contributed by atoms with Gasteiger partial charge in [-0.1, -0.05) is 54.1 Å². The summed E-state index contributed by atoms with van der Waals surface area (Å²) < 4.78 is 0. The number of hydrogen-bond acceptors (Lipinski definition) is 1. The fraction of sp³-hybridized carbons (Fsp3) is 0.294. The lowest BCUT2D eigenvalue weighted by molar-refractivity contribution is 0.535. The number of hydrogen-bond donors (Lipinski definition) is 1. The van der Waals surface area contributed by atoms with Crippen LogP contribution >= 0.6 is 0 Å². The van der Waals surface area contributed by atoms with Crippen molar-refractivity contribution in [1.82, 2.24) is 5.32 Å². The van der Waals surface area contributed by atoms with E-state index in [0.29, 0.717) is 5.92 Å². The zero-order chi connectivity index (χ0) is 12.4. The van der Waals surface area contributed by atoms with Crippen LogP contribution in [0.3, 0.4) is 0 Å². The van der Waals surface area contributed by atoms with Crippen LogP contribution in [0.5, 0.6) is 0 Å². The summed E-state index contributed by atoms with van der Waals surface area (Å²) in [5.74, 6) is 0.714. The van der Waals surface area contributed by atoms with Gasteiger partial charge in [-0.25, -0.2) is 0 Å². The Balaban J connectivity index is 1.52. The summed E-state index contributed by atoms with van der Waals surface area (Å²) in [6.45, 7) is 4.21. The number of aryl methyl sites for hydroxylation is 1. The summed E-state index contributed by atoms with van der Waals surface area (Å²) in [5, 5.41) is 3.57.